The van der Waals surface area contributed by atoms with Gasteiger partial charge in [-0.2, -0.15) is 0 Å². The van der Waals surface area contributed by atoms with Crippen LogP contribution in [-0.2, 0) is 9.53 Å². The quantitative estimate of drug-likeness (QED) is 0.513. The van der Waals surface area contributed by atoms with Gasteiger partial charge < -0.3 is 19.2 Å². The zero-order valence-corrected chi connectivity index (χ0v) is 11.5. The van der Waals surface area contributed by atoms with Crippen molar-refractivity contribution in [3.63, 3.8) is 0 Å². The van der Waals surface area contributed by atoms with Crippen molar-refractivity contribution in [2.75, 3.05) is 21.3 Å². The third-order valence-corrected chi connectivity index (χ3v) is 3.02. The third kappa shape index (κ3) is 2.32. The lowest BCUT2D eigenvalue weighted by molar-refractivity contribution is -0.139. The Bertz CT molecular complexity index is 659. The van der Waals surface area contributed by atoms with Crippen molar-refractivity contribution in [1.82, 2.24) is 4.98 Å². The summed E-state index contributed by atoms with van der Waals surface area (Å²) in [6.45, 7) is 0. The zero-order chi connectivity index (χ0) is 14.7. The average molecular weight is 277 g/mol. The lowest BCUT2D eigenvalue weighted by Gasteiger charge is -2.09. The summed E-state index contributed by atoms with van der Waals surface area (Å²) in [5, 5.41) is 0.598. The standard InChI is InChI=1S/C14H15NO5/c1-18-11-5-4-9-13(14(11)20-3)8(7-15-9)10(16)6-12(17)19-2/h4-5,7,15H,6H2,1-3H3. The van der Waals surface area contributed by atoms with Crippen LogP contribution in [0.3, 0.4) is 0 Å². The van der Waals surface area contributed by atoms with Gasteiger partial charge in [-0.1, -0.05) is 0 Å². The maximum atomic E-state index is 12.1. The number of fused-ring (bicyclic) bond motifs is 1. The van der Waals surface area contributed by atoms with Gasteiger partial charge in [-0.15, -0.1) is 0 Å². The van der Waals surface area contributed by atoms with Crippen LogP contribution in [0.5, 0.6) is 11.5 Å². The van der Waals surface area contributed by atoms with Crippen molar-refractivity contribution in [3.05, 3.63) is 23.9 Å². The molecule has 6 heteroatoms. The molecule has 6 nitrogen and oxygen atoms in total. The van der Waals surface area contributed by atoms with E-state index in [1.807, 2.05) is 0 Å². The van der Waals surface area contributed by atoms with Crippen LogP contribution in [0.2, 0.25) is 0 Å². The summed E-state index contributed by atoms with van der Waals surface area (Å²) >= 11 is 0. The first-order chi connectivity index (χ1) is 9.62. The Morgan fingerprint density at radius 1 is 1.15 bits per heavy atom. The molecule has 0 atom stereocenters. The predicted octanol–water partition coefficient (Wildman–Crippen LogP) is 1.93. The second-order valence-corrected chi connectivity index (χ2v) is 4.10. The van der Waals surface area contributed by atoms with Crippen LogP contribution in [0, 0.1) is 0 Å². The lowest BCUT2D eigenvalue weighted by atomic mass is 10.1. The van der Waals surface area contributed by atoms with Gasteiger partial charge in [0.1, 0.15) is 6.42 Å². The molecule has 1 N–H and O–H groups in total. The Balaban J connectivity index is 2.54. The molecule has 0 aliphatic rings. The maximum Gasteiger partial charge on any atom is 0.313 e. The minimum Gasteiger partial charge on any atom is -0.493 e. The highest BCUT2D eigenvalue weighted by atomic mass is 16.5. The molecule has 0 saturated carbocycles. The molecular weight excluding hydrogens is 262 g/mol. The Labute approximate surface area is 115 Å². The Morgan fingerprint density at radius 2 is 1.90 bits per heavy atom. The minimum atomic E-state index is -0.578. The normalized spacial score (nSPS) is 10.3. The van der Waals surface area contributed by atoms with Crippen LogP contribution in [0.4, 0.5) is 0 Å². The second-order valence-electron chi connectivity index (χ2n) is 4.10. The van der Waals surface area contributed by atoms with Gasteiger partial charge in [0.05, 0.1) is 32.2 Å². The van der Waals surface area contributed by atoms with E-state index < -0.39 is 5.97 Å². The molecule has 0 spiro atoms. The molecule has 106 valence electrons. The summed E-state index contributed by atoms with van der Waals surface area (Å²) < 4.78 is 15.0. The molecular formula is C14H15NO5. The van der Waals surface area contributed by atoms with Gasteiger partial charge in [0.2, 0.25) is 0 Å². The van der Waals surface area contributed by atoms with E-state index >= 15 is 0 Å². The van der Waals surface area contributed by atoms with Crippen LogP contribution in [-0.4, -0.2) is 38.1 Å². The second kappa shape index (κ2) is 5.64. The number of benzene rings is 1. The molecule has 0 amide bonds. The summed E-state index contributed by atoms with van der Waals surface area (Å²) in [6, 6.07) is 3.53. The number of ether oxygens (including phenoxy) is 3. The van der Waals surface area contributed by atoms with E-state index in [4.69, 9.17) is 9.47 Å². The Kier molecular flexibility index (Phi) is 3.93. The average Bonchev–Trinajstić information content (AvgIpc) is 2.89. The van der Waals surface area contributed by atoms with Gasteiger partial charge in [0.15, 0.2) is 17.3 Å². The fourth-order valence-corrected chi connectivity index (χ4v) is 2.06. The molecule has 0 saturated heterocycles. The van der Waals surface area contributed by atoms with Crippen molar-refractivity contribution in [2.24, 2.45) is 0 Å². The van der Waals surface area contributed by atoms with Gasteiger partial charge in [0, 0.05) is 11.8 Å². The van der Waals surface area contributed by atoms with Crippen LogP contribution >= 0.6 is 0 Å². The number of aromatic amines is 1. The van der Waals surface area contributed by atoms with Crippen LogP contribution in [0.15, 0.2) is 18.3 Å². The molecule has 0 fully saturated rings. The zero-order valence-electron chi connectivity index (χ0n) is 11.5. The first kappa shape index (κ1) is 13.9. The Hall–Kier alpha value is -2.50. The summed E-state index contributed by atoms with van der Waals surface area (Å²) in [5.74, 6) is 0.0621. The number of H-pyrrole nitrogens is 1. The fourth-order valence-electron chi connectivity index (χ4n) is 2.06. The highest BCUT2D eigenvalue weighted by Crippen LogP contribution is 2.37. The molecule has 20 heavy (non-hydrogen) atoms. The number of carbonyl (C=O) groups is 2. The number of nitrogens with one attached hydrogen (secondary N) is 1. The summed E-state index contributed by atoms with van der Waals surface area (Å²) in [4.78, 5) is 26.3. The van der Waals surface area contributed by atoms with Gasteiger partial charge in [-0.05, 0) is 12.1 Å². The SMILES string of the molecule is COC(=O)CC(=O)c1c[nH]c2ccc(OC)c(OC)c12. The van der Waals surface area contributed by atoms with Crippen molar-refractivity contribution in [1.29, 1.82) is 0 Å². The molecule has 2 aromatic rings. The number of carbonyl (C=O) groups excluding carboxylic acids is 2. The van der Waals surface area contributed by atoms with Gasteiger partial charge >= 0.3 is 5.97 Å². The first-order valence-corrected chi connectivity index (χ1v) is 5.94. The van der Waals surface area contributed by atoms with Crippen LogP contribution in [0.25, 0.3) is 10.9 Å². The van der Waals surface area contributed by atoms with E-state index in [1.54, 1.807) is 18.3 Å². The highest BCUT2D eigenvalue weighted by molar-refractivity contribution is 6.15. The molecule has 1 aromatic heterocycles. The van der Waals surface area contributed by atoms with E-state index in [0.29, 0.717) is 22.4 Å². The maximum absolute atomic E-state index is 12.1. The Morgan fingerprint density at radius 3 is 2.50 bits per heavy atom. The number of hydrogen-bond donors (Lipinski definition) is 1. The number of rotatable bonds is 5. The number of methoxy groups -OCH3 is 3. The van der Waals surface area contributed by atoms with Crippen LogP contribution < -0.4 is 9.47 Å². The number of Topliss-reactive ketones (excluding diaryl/α,β-unsaturated/α-hetero) is 1. The van der Waals surface area contributed by atoms with Crippen molar-refractivity contribution in [3.8, 4) is 11.5 Å². The van der Waals surface area contributed by atoms with Crippen LogP contribution in [0.1, 0.15) is 16.8 Å². The van der Waals surface area contributed by atoms with Gasteiger partial charge in [-0.3, -0.25) is 9.59 Å². The van der Waals surface area contributed by atoms with E-state index in [-0.39, 0.29) is 12.2 Å². The first-order valence-electron chi connectivity index (χ1n) is 5.94. The largest absolute Gasteiger partial charge is 0.493 e. The van der Waals surface area contributed by atoms with E-state index in [2.05, 4.69) is 9.72 Å². The van der Waals surface area contributed by atoms with Gasteiger partial charge in [-0.25, -0.2) is 0 Å². The number of hydrogen-bond acceptors (Lipinski definition) is 5. The highest BCUT2D eigenvalue weighted by Gasteiger charge is 2.20. The molecule has 1 aromatic carbocycles. The summed E-state index contributed by atoms with van der Waals surface area (Å²) in [5.41, 5.74) is 1.11. The number of aromatic nitrogens is 1. The molecule has 0 radical (unpaired) electrons. The molecule has 0 aliphatic carbocycles. The summed E-state index contributed by atoms with van der Waals surface area (Å²) in [7, 11) is 4.26. The monoisotopic (exact) mass is 277 g/mol. The molecule has 1 heterocycles. The lowest BCUT2D eigenvalue weighted by Crippen LogP contribution is -2.09. The third-order valence-electron chi connectivity index (χ3n) is 3.02. The van der Waals surface area contributed by atoms with E-state index in [9.17, 15) is 9.59 Å². The molecule has 0 unspecified atom stereocenters. The van der Waals surface area contributed by atoms with Crippen molar-refractivity contribution >= 4 is 22.7 Å². The molecule has 0 bridgehead atoms. The minimum absolute atomic E-state index is 0.316. The number of ketones is 1. The molecule has 2 rings (SSSR count). The van der Waals surface area contributed by atoms with E-state index in [1.165, 1.54) is 21.3 Å². The predicted molar refractivity (Wildman–Crippen MR) is 72.4 cm³/mol. The number of esters is 1. The van der Waals surface area contributed by atoms with Crippen molar-refractivity contribution < 1.29 is 23.8 Å². The topological polar surface area (TPSA) is 77.6 Å². The van der Waals surface area contributed by atoms with E-state index in [0.717, 1.165) is 5.52 Å². The summed E-state index contributed by atoms with van der Waals surface area (Å²) in [6.07, 6.45) is 1.24. The fraction of sp³-hybridized carbons (Fsp3) is 0.286. The smallest absolute Gasteiger partial charge is 0.313 e. The van der Waals surface area contributed by atoms with Gasteiger partial charge in [0.25, 0.3) is 0 Å². The van der Waals surface area contributed by atoms with Crippen molar-refractivity contribution in [2.45, 2.75) is 6.42 Å². The molecule has 0 aliphatic heterocycles.